The summed E-state index contributed by atoms with van der Waals surface area (Å²) in [7, 11) is 0. The second-order valence-electron chi connectivity index (χ2n) is 10.9. The van der Waals surface area contributed by atoms with Crippen LogP contribution in [-0.2, 0) is 23.9 Å². The van der Waals surface area contributed by atoms with E-state index in [0.29, 0.717) is 32.4 Å². The lowest BCUT2D eigenvalue weighted by atomic mass is 9.72. The van der Waals surface area contributed by atoms with E-state index in [1.807, 2.05) is 27.7 Å². The summed E-state index contributed by atoms with van der Waals surface area (Å²) in [5.41, 5.74) is -1.54. The molecular formula is C28H51NO5. The first-order chi connectivity index (χ1) is 16.2. The van der Waals surface area contributed by atoms with Crippen LogP contribution in [0.15, 0.2) is 0 Å². The van der Waals surface area contributed by atoms with E-state index in [1.165, 1.54) is 51.4 Å². The van der Waals surface area contributed by atoms with Gasteiger partial charge < -0.3 is 14.4 Å². The standard InChI is InChI=1S/C28H51NO5/c1-6-8-9-10-11-12-13-14-15-16-21-33-26(32)28(5,7-2)23-27(3,4)25(31)34-22-20-29-19-17-18-24(29)30/h6-23H2,1-5H3. The number of unbranched alkanes of at least 4 members (excludes halogenated alkanes) is 9. The van der Waals surface area contributed by atoms with Gasteiger partial charge in [0.05, 0.1) is 24.0 Å². The number of ether oxygens (including phenoxy) is 2. The lowest BCUT2D eigenvalue weighted by Crippen LogP contribution is -2.39. The highest BCUT2D eigenvalue weighted by atomic mass is 16.5. The molecule has 0 aliphatic carbocycles. The van der Waals surface area contributed by atoms with Crippen LogP contribution in [0.2, 0.25) is 0 Å². The maximum Gasteiger partial charge on any atom is 0.311 e. The summed E-state index contributed by atoms with van der Waals surface area (Å²) in [5.74, 6) is -0.435. The van der Waals surface area contributed by atoms with Crippen molar-refractivity contribution in [1.29, 1.82) is 0 Å². The Bertz CT molecular complexity index is 618. The lowest BCUT2D eigenvalue weighted by Gasteiger charge is -2.33. The molecule has 6 nitrogen and oxygen atoms in total. The molecule has 0 radical (unpaired) electrons. The van der Waals surface area contributed by atoms with Crippen molar-refractivity contribution in [2.45, 2.75) is 125 Å². The van der Waals surface area contributed by atoms with Crippen molar-refractivity contribution < 1.29 is 23.9 Å². The number of esters is 2. The van der Waals surface area contributed by atoms with Crippen LogP contribution in [0.4, 0.5) is 0 Å². The molecule has 0 aromatic rings. The van der Waals surface area contributed by atoms with Gasteiger partial charge in [0.15, 0.2) is 0 Å². The van der Waals surface area contributed by atoms with Gasteiger partial charge in [-0.2, -0.15) is 0 Å². The minimum atomic E-state index is -0.810. The van der Waals surface area contributed by atoms with Crippen LogP contribution < -0.4 is 0 Å². The Hall–Kier alpha value is -1.59. The molecule has 0 N–H and O–H groups in total. The first-order valence-electron chi connectivity index (χ1n) is 13.8. The highest BCUT2D eigenvalue weighted by molar-refractivity contribution is 5.80. The Kier molecular flexibility index (Phi) is 14.5. The maximum atomic E-state index is 12.9. The van der Waals surface area contributed by atoms with Gasteiger partial charge >= 0.3 is 11.9 Å². The molecule has 0 saturated carbocycles. The molecule has 1 rings (SSSR count). The molecule has 1 fully saturated rings. The smallest absolute Gasteiger partial charge is 0.311 e. The van der Waals surface area contributed by atoms with Gasteiger partial charge in [-0.15, -0.1) is 0 Å². The van der Waals surface area contributed by atoms with Crippen LogP contribution in [0.1, 0.15) is 125 Å². The number of hydrogen-bond donors (Lipinski definition) is 0. The third-order valence-corrected chi connectivity index (χ3v) is 7.15. The van der Waals surface area contributed by atoms with Gasteiger partial charge in [-0.25, -0.2) is 0 Å². The van der Waals surface area contributed by atoms with Gasteiger partial charge in [0, 0.05) is 13.0 Å². The minimum Gasteiger partial charge on any atom is -0.465 e. The van der Waals surface area contributed by atoms with Crippen LogP contribution in [0.3, 0.4) is 0 Å². The molecule has 34 heavy (non-hydrogen) atoms. The Morgan fingerprint density at radius 1 is 0.824 bits per heavy atom. The Balaban J connectivity index is 2.29. The van der Waals surface area contributed by atoms with E-state index < -0.39 is 10.8 Å². The van der Waals surface area contributed by atoms with Gasteiger partial charge in [-0.1, -0.05) is 71.6 Å². The molecule has 6 heteroatoms. The molecule has 0 aromatic carbocycles. The van der Waals surface area contributed by atoms with E-state index >= 15 is 0 Å². The Morgan fingerprint density at radius 2 is 1.38 bits per heavy atom. The Labute approximate surface area is 208 Å². The third-order valence-electron chi connectivity index (χ3n) is 7.15. The summed E-state index contributed by atoms with van der Waals surface area (Å²) in [6.07, 6.45) is 14.8. The first-order valence-corrected chi connectivity index (χ1v) is 13.8. The molecule has 1 amide bonds. The SMILES string of the molecule is CCCCCCCCCCCCOC(=O)C(C)(CC)CC(C)(C)C(=O)OCCN1CCCC1=O. The van der Waals surface area contributed by atoms with Gasteiger partial charge in [-0.3, -0.25) is 14.4 Å². The zero-order chi connectivity index (χ0) is 25.5. The fourth-order valence-electron chi connectivity index (χ4n) is 4.70. The number of carbonyl (C=O) groups excluding carboxylic acids is 3. The van der Waals surface area contributed by atoms with Gasteiger partial charge in [0.1, 0.15) is 6.61 Å². The molecule has 198 valence electrons. The third kappa shape index (κ3) is 11.2. The quantitative estimate of drug-likeness (QED) is 0.157. The fourth-order valence-corrected chi connectivity index (χ4v) is 4.70. The predicted molar refractivity (Wildman–Crippen MR) is 136 cm³/mol. The van der Waals surface area contributed by atoms with Crippen molar-refractivity contribution >= 4 is 17.8 Å². The molecule has 1 saturated heterocycles. The van der Waals surface area contributed by atoms with Crippen LogP contribution in [0.25, 0.3) is 0 Å². The van der Waals surface area contributed by atoms with Gasteiger partial charge in [0.2, 0.25) is 5.91 Å². The Morgan fingerprint density at radius 3 is 1.91 bits per heavy atom. The van der Waals surface area contributed by atoms with Gasteiger partial charge in [-0.05, 0) is 46.5 Å². The number of amides is 1. The van der Waals surface area contributed by atoms with E-state index in [2.05, 4.69) is 6.92 Å². The highest BCUT2D eigenvalue weighted by Gasteiger charge is 2.43. The summed E-state index contributed by atoms with van der Waals surface area (Å²) in [6, 6.07) is 0. The van der Waals surface area contributed by atoms with Crippen LogP contribution in [-0.4, -0.2) is 49.0 Å². The van der Waals surface area contributed by atoms with Crippen molar-refractivity contribution in [3.05, 3.63) is 0 Å². The normalized spacial score (nSPS) is 15.9. The summed E-state index contributed by atoms with van der Waals surface area (Å²) in [4.78, 5) is 39.0. The van der Waals surface area contributed by atoms with Crippen LogP contribution >= 0.6 is 0 Å². The first kappa shape index (κ1) is 30.4. The summed E-state index contributed by atoms with van der Waals surface area (Å²) in [6.45, 7) is 11.5. The van der Waals surface area contributed by atoms with Gasteiger partial charge in [0.25, 0.3) is 0 Å². The highest BCUT2D eigenvalue weighted by Crippen LogP contribution is 2.38. The number of carbonyl (C=O) groups is 3. The van der Waals surface area contributed by atoms with Crippen molar-refractivity contribution in [2.24, 2.45) is 10.8 Å². The monoisotopic (exact) mass is 481 g/mol. The zero-order valence-corrected chi connectivity index (χ0v) is 22.7. The molecule has 1 aliphatic heterocycles. The number of hydrogen-bond acceptors (Lipinski definition) is 5. The number of rotatable bonds is 19. The van der Waals surface area contributed by atoms with Crippen LogP contribution in [0, 0.1) is 10.8 Å². The second kappa shape index (κ2) is 16.1. The molecule has 1 unspecified atom stereocenters. The topological polar surface area (TPSA) is 72.9 Å². The maximum absolute atomic E-state index is 12.9. The molecule has 1 atom stereocenters. The van der Waals surface area contributed by atoms with E-state index in [-0.39, 0.29) is 24.5 Å². The molecule has 0 spiro atoms. The summed E-state index contributed by atoms with van der Waals surface area (Å²) in [5, 5.41) is 0. The van der Waals surface area contributed by atoms with E-state index in [1.54, 1.807) is 4.90 Å². The van der Waals surface area contributed by atoms with Crippen LogP contribution in [0.5, 0.6) is 0 Å². The lowest BCUT2D eigenvalue weighted by molar-refractivity contribution is -0.163. The predicted octanol–water partition coefficient (Wildman–Crippen LogP) is 6.45. The number of likely N-dealkylation sites (tertiary alicyclic amines) is 1. The largest absolute Gasteiger partial charge is 0.465 e. The molecule has 1 aliphatic rings. The summed E-state index contributed by atoms with van der Waals surface area (Å²) < 4.78 is 11.1. The van der Waals surface area contributed by atoms with Crippen molar-refractivity contribution in [1.82, 2.24) is 4.90 Å². The average molecular weight is 482 g/mol. The minimum absolute atomic E-state index is 0.124. The number of nitrogens with zero attached hydrogens (tertiary/aromatic N) is 1. The molecule has 1 heterocycles. The summed E-state index contributed by atoms with van der Waals surface area (Å²) >= 11 is 0. The van der Waals surface area contributed by atoms with Crippen molar-refractivity contribution in [3.63, 3.8) is 0 Å². The molecule has 0 aromatic heterocycles. The van der Waals surface area contributed by atoms with E-state index in [9.17, 15) is 14.4 Å². The zero-order valence-electron chi connectivity index (χ0n) is 22.7. The van der Waals surface area contributed by atoms with Crippen molar-refractivity contribution in [2.75, 3.05) is 26.3 Å². The molecule has 0 bridgehead atoms. The van der Waals surface area contributed by atoms with E-state index in [0.717, 1.165) is 25.8 Å². The van der Waals surface area contributed by atoms with Crippen molar-refractivity contribution in [3.8, 4) is 0 Å². The second-order valence-corrected chi connectivity index (χ2v) is 10.9. The average Bonchev–Trinajstić information content (AvgIpc) is 3.21. The van der Waals surface area contributed by atoms with E-state index in [4.69, 9.17) is 9.47 Å². The fraction of sp³-hybridized carbons (Fsp3) is 0.893. The molecular weight excluding hydrogens is 430 g/mol.